The minimum Gasteiger partial charge on any atom is -1.00 e. The molecule has 0 bridgehead atoms. The number of benzene rings is 1. The standard InChI is InChI=1S/C19H31N3O3.ClH/c1-4-9-21-10-12-22(13-11-21)15-19(23)20-17-14-16(24-5-2)7-8-18(17)25-6-3;/h7-8,14H,4-6,9-13,15H2,1-3H3,(H,20,23);1H/p-1. The molecule has 0 spiro atoms. The van der Waals surface area contributed by atoms with Crippen molar-refractivity contribution < 1.29 is 26.7 Å². The first-order valence-corrected chi connectivity index (χ1v) is 9.30. The summed E-state index contributed by atoms with van der Waals surface area (Å²) in [5.74, 6) is 1.39. The molecule has 2 rings (SSSR count). The lowest BCUT2D eigenvalue weighted by Crippen LogP contribution is -3.00. The van der Waals surface area contributed by atoms with Crippen LogP contribution in [0.1, 0.15) is 27.2 Å². The second kappa shape index (κ2) is 12.0. The van der Waals surface area contributed by atoms with E-state index in [1.54, 1.807) is 0 Å². The van der Waals surface area contributed by atoms with Crippen LogP contribution in [-0.2, 0) is 4.79 Å². The quantitative estimate of drug-likeness (QED) is 0.619. The number of anilines is 1. The SMILES string of the molecule is CCCN1CCN(CC(=O)Nc2cc(OCC)ccc2OCC)CC1.[Cl-]. The molecule has 0 saturated carbocycles. The van der Waals surface area contributed by atoms with Gasteiger partial charge in [-0.2, -0.15) is 0 Å². The summed E-state index contributed by atoms with van der Waals surface area (Å²) in [6.45, 7) is 12.7. The minimum atomic E-state index is -0.0152. The number of ether oxygens (including phenoxy) is 2. The molecule has 6 nitrogen and oxygen atoms in total. The lowest BCUT2D eigenvalue weighted by atomic mass is 10.2. The van der Waals surface area contributed by atoms with Crippen molar-refractivity contribution in [2.75, 3.05) is 57.8 Å². The van der Waals surface area contributed by atoms with Crippen LogP contribution in [0.25, 0.3) is 0 Å². The number of carbonyl (C=O) groups is 1. The van der Waals surface area contributed by atoms with Gasteiger partial charge in [0, 0.05) is 32.2 Å². The Morgan fingerprint density at radius 3 is 2.31 bits per heavy atom. The summed E-state index contributed by atoms with van der Waals surface area (Å²) in [6, 6.07) is 5.52. The van der Waals surface area contributed by atoms with Crippen LogP contribution in [0, 0.1) is 0 Å². The van der Waals surface area contributed by atoms with Crippen LogP contribution in [0.15, 0.2) is 18.2 Å². The molecule has 7 heteroatoms. The predicted molar refractivity (Wildman–Crippen MR) is 101 cm³/mol. The van der Waals surface area contributed by atoms with E-state index in [2.05, 4.69) is 22.0 Å². The molecule has 1 aromatic carbocycles. The Labute approximate surface area is 163 Å². The molecule has 0 unspecified atom stereocenters. The average molecular weight is 385 g/mol. The van der Waals surface area contributed by atoms with Gasteiger partial charge in [0.2, 0.25) is 5.91 Å². The van der Waals surface area contributed by atoms with E-state index in [0.29, 0.717) is 31.2 Å². The van der Waals surface area contributed by atoms with E-state index in [1.165, 1.54) is 6.42 Å². The second-order valence-corrected chi connectivity index (χ2v) is 6.19. The van der Waals surface area contributed by atoms with Crippen molar-refractivity contribution in [2.24, 2.45) is 0 Å². The number of hydrogen-bond donors (Lipinski definition) is 1. The summed E-state index contributed by atoms with van der Waals surface area (Å²) in [6.07, 6.45) is 1.18. The molecule has 1 N–H and O–H groups in total. The van der Waals surface area contributed by atoms with Crippen molar-refractivity contribution in [3.8, 4) is 11.5 Å². The highest BCUT2D eigenvalue weighted by Gasteiger charge is 2.19. The van der Waals surface area contributed by atoms with Crippen molar-refractivity contribution in [1.29, 1.82) is 0 Å². The highest BCUT2D eigenvalue weighted by atomic mass is 35.5. The van der Waals surface area contributed by atoms with Crippen LogP contribution in [0.5, 0.6) is 11.5 Å². The zero-order valence-electron chi connectivity index (χ0n) is 16.1. The lowest BCUT2D eigenvalue weighted by molar-refractivity contribution is -0.117. The van der Waals surface area contributed by atoms with Gasteiger partial charge in [-0.3, -0.25) is 9.69 Å². The van der Waals surface area contributed by atoms with Crippen molar-refractivity contribution in [1.82, 2.24) is 9.80 Å². The summed E-state index contributed by atoms with van der Waals surface area (Å²) >= 11 is 0. The van der Waals surface area contributed by atoms with Crippen LogP contribution in [-0.4, -0.2) is 68.2 Å². The van der Waals surface area contributed by atoms with Crippen LogP contribution in [0.3, 0.4) is 0 Å². The van der Waals surface area contributed by atoms with Crippen molar-refractivity contribution in [3.05, 3.63) is 18.2 Å². The summed E-state index contributed by atoms with van der Waals surface area (Å²) in [5.41, 5.74) is 0.669. The molecule has 0 radical (unpaired) electrons. The van der Waals surface area contributed by atoms with Gasteiger partial charge in [0.15, 0.2) is 0 Å². The fourth-order valence-corrected chi connectivity index (χ4v) is 3.02. The molecule has 1 saturated heterocycles. The maximum atomic E-state index is 12.5. The fraction of sp³-hybridized carbons (Fsp3) is 0.632. The Bertz CT molecular complexity index is 549. The van der Waals surface area contributed by atoms with Crippen LogP contribution < -0.4 is 27.2 Å². The van der Waals surface area contributed by atoms with Crippen LogP contribution in [0.4, 0.5) is 5.69 Å². The maximum Gasteiger partial charge on any atom is 0.238 e. The number of amides is 1. The van der Waals surface area contributed by atoms with Crippen LogP contribution >= 0.6 is 0 Å². The zero-order valence-corrected chi connectivity index (χ0v) is 16.8. The van der Waals surface area contributed by atoms with Gasteiger partial charge < -0.3 is 32.1 Å². The first-order valence-electron chi connectivity index (χ1n) is 9.30. The third kappa shape index (κ3) is 7.02. The third-order valence-corrected chi connectivity index (χ3v) is 4.21. The van der Waals surface area contributed by atoms with Crippen molar-refractivity contribution >= 4 is 11.6 Å². The van der Waals surface area contributed by atoms with E-state index >= 15 is 0 Å². The van der Waals surface area contributed by atoms with E-state index in [1.807, 2.05) is 32.0 Å². The second-order valence-electron chi connectivity index (χ2n) is 6.19. The molecular weight excluding hydrogens is 354 g/mol. The molecule has 1 aromatic rings. The van der Waals surface area contributed by atoms with Gasteiger partial charge in [0.1, 0.15) is 11.5 Å². The van der Waals surface area contributed by atoms with Gasteiger partial charge in [0.05, 0.1) is 25.4 Å². The van der Waals surface area contributed by atoms with Gasteiger partial charge in [-0.25, -0.2) is 0 Å². The molecule has 26 heavy (non-hydrogen) atoms. The Hall–Kier alpha value is -1.50. The largest absolute Gasteiger partial charge is 1.00 e. The van der Waals surface area contributed by atoms with E-state index < -0.39 is 0 Å². The number of halogens is 1. The summed E-state index contributed by atoms with van der Waals surface area (Å²) in [4.78, 5) is 17.1. The molecule has 1 amide bonds. The summed E-state index contributed by atoms with van der Waals surface area (Å²) < 4.78 is 11.1. The average Bonchev–Trinajstić information content (AvgIpc) is 2.59. The molecule has 0 aliphatic carbocycles. The van der Waals surface area contributed by atoms with Crippen molar-refractivity contribution in [2.45, 2.75) is 27.2 Å². The third-order valence-electron chi connectivity index (χ3n) is 4.21. The normalized spacial score (nSPS) is 15.2. The van der Waals surface area contributed by atoms with E-state index in [-0.39, 0.29) is 18.3 Å². The van der Waals surface area contributed by atoms with E-state index in [0.717, 1.165) is 38.5 Å². The van der Waals surface area contributed by atoms with Crippen LogP contribution in [0.2, 0.25) is 0 Å². The molecule has 1 aliphatic heterocycles. The molecule has 148 valence electrons. The maximum absolute atomic E-state index is 12.5. The lowest BCUT2D eigenvalue weighted by Gasteiger charge is -2.34. The first kappa shape index (κ1) is 22.5. The van der Waals surface area contributed by atoms with Gasteiger partial charge >= 0.3 is 0 Å². The Morgan fingerprint density at radius 1 is 1.04 bits per heavy atom. The monoisotopic (exact) mass is 384 g/mol. The van der Waals surface area contributed by atoms with Gasteiger partial charge in [-0.15, -0.1) is 0 Å². The van der Waals surface area contributed by atoms with E-state index in [9.17, 15) is 4.79 Å². The summed E-state index contributed by atoms with van der Waals surface area (Å²) in [5, 5.41) is 2.98. The minimum absolute atomic E-state index is 0. The highest BCUT2D eigenvalue weighted by Crippen LogP contribution is 2.29. The molecule has 0 atom stereocenters. The van der Waals surface area contributed by atoms with Gasteiger partial charge in [-0.1, -0.05) is 6.92 Å². The number of hydrogen-bond acceptors (Lipinski definition) is 5. The molecule has 0 aromatic heterocycles. The summed E-state index contributed by atoms with van der Waals surface area (Å²) in [7, 11) is 0. The predicted octanol–water partition coefficient (Wildman–Crippen LogP) is -0.546. The zero-order chi connectivity index (χ0) is 18.1. The van der Waals surface area contributed by atoms with Crippen molar-refractivity contribution in [3.63, 3.8) is 0 Å². The Balaban J connectivity index is 0.00000338. The number of piperazine rings is 1. The molecule has 1 aliphatic rings. The molecular formula is C19H31ClN3O3-. The highest BCUT2D eigenvalue weighted by molar-refractivity contribution is 5.94. The number of nitrogens with zero attached hydrogens (tertiary/aromatic N) is 2. The van der Waals surface area contributed by atoms with Gasteiger partial charge in [-0.05, 0) is 38.9 Å². The van der Waals surface area contributed by atoms with E-state index in [4.69, 9.17) is 9.47 Å². The number of rotatable bonds is 9. The molecule has 1 heterocycles. The fourth-order valence-electron chi connectivity index (χ4n) is 3.02. The number of nitrogens with one attached hydrogen (secondary N) is 1. The van der Waals surface area contributed by atoms with Gasteiger partial charge in [0.25, 0.3) is 0 Å². The Morgan fingerprint density at radius 2 is 1.69 bits per heavy atom. The smallest absolute Gasteiger partial charge is 0.238 e. The Kier molecular flexibility index (Phi) is 10.4. The topological polar surface area (TPSA) is 54.0 Å². The number of carbonyl (C=O) groups excluding carboxylic acids is 1. The molecule has 1 fully saturated rings. The first-order chi connectivity index (χ1) is 12.2.